The molecule has 1 atom stereocenters. The first-order chi connectivity index (χ1) is 12.1. The molecule has 0 aliphatic carbocycles. The van der Waals surface area contributed by atoms with Crippen LogP contribution in [-0.4, -0.2) is 12.4 Å². The van der Waals surface area contributed by atoms with Crippen LogP contribution in [0.1, 0.15) is 10.8 Å². The molecule has 0 N–H and O–H groups in total. The molecule has 1 aromatic heterocycles. The lowest BCUT2D eigenvalue weighted by atomic mass is 10.1. The summed E-state index contributed by atoms with van der Waals surface area (Å²) in [5.74, 6) is 0. The second-order valence-corrected chi connectivity index (χ2v) is 7.91. The van der Waals surface area contributed by atoms with Gasteiger partial charge in [0.1, 0.15) is 5.25 Å². The summed E-state index contributed by atoms with van der Waals surface area (Å²) >= 11 is 0. The molecule has 4 heteroatoms. The number of benzene rings is 3. The Bertz CT molecular complexity index is 1190. The Labute approximate surface area is 146 Å². The maximum atomic E-state index is 13.3. The topological polar surface area (TPSA) is 39.1 Å². The molecule has 0 aliphatic rings. The summed E-state index contributed by atoms with van der Waals surface area (Å²) in [4.78, 5) is 0. The SMILES string of the molecule is C=CC(c1ccc2ccccc2c1)S(=O)(=O)n1ccc2ccccc21. The third-order valence-corrected chi connectivity index (χ3v) is 6.45. The largest absolute Gasteiger partial charge is 0.249 e. The molecule has 0 amide bonds. The van der Waals surface area contributed by atoms with Gasteiger partial charge >= 0.3 is 0 Å². The van der Waals surface area contributed by atoms with Gasteiger partial charge in [-0.05, 0) is 34.5 Å². The standard InChI is InChI=1S/C21H17NO2S/c1-2-21(19-12-11-16-7-3-4-9-18(16)15-19)25(23,24)22-14-13-17-8-5-6-10-20(17)22/h2-15,21H,1H2. The highest BCUT2D eigenvalue weighted by atomic mass is 32.2. The molecule has 1 unspecified atom stereocenters. The fourth-order valence-corrected chi connectivity index (χ4v) is 4.87. The first-order valence-electron chi connectivity index (χ1n) is 8.03. The van der Waals surface area contributed by atoms with Crippen molar-refractivity contribution in [2.24, 2.45) is 0 Å². The molecule has 0 saturated carbocycles. The van der Waals surface area contributed by atoms with Crippen LogP contribution in [0.25, 0.3) is 21.7 Å². The zero-order valence-electron chi connectivity index (χ0n) is 13.5. The van der Waals surface area contributed by atoms with Crippen LogP contribution >= 0.6 is 0 Å². The summed E-state index contributed by atoms with van der Waals surface area (Å²) in [6.07, 6.45) is 3.10. The highest BCUT2D eigenvalue weighted by molar-refractivity contribution is 7.90. The molecule has 4 aromatic rings. The molecule has 0 saturated heterocycles. The van der Waals surface area contributed by atoms with E-state index < -0.39 is 15.3 Å². The van der Waals surface area contributed by atoms with Gasteiger partial charge in [-0.1, -0.05) is 60.7 Å². The Kier molecular flexibility index (Phi) is 3.70. The minimum Gasteiger partial charge on any atom is -0.244 e. The van der Waals surface area contributed by atoms with Crippen LogP contribution in [0.5, 0.6) is 0 Å². The van der Waals surface area contributed by atoms with Crippen LogP contribution in [0.3, 0.4) is 0 Å². The van der Waals surface area contributed by atoms with Gasteiger partial charge in [-0.3, -0.25) is 0 Å². The fraction of sp³-hybridized carbons (Fsp3) is 0.0476. The molecule has 0 aliphatic heterocycles. The van der Waals surface area contributed by atoms with Gasteiger partial charge in [0, 0.05) is 11.6 Å². The van der Waals surface area contributed by atoms with Crippen molar-refractivity contribution in [1.29, 1.82) is 0 Å². The number of hydrogen-bond donors (Lipinski definition) is 0. The molecule has 0 bridgehead atoms. The van der Waals surface area contributed by atoms with Crippen molar-refractivity contribution in [2.45, 2.75) is 5.25 Å². The summed E-state index contributed by atoms with van der Waals surface area (Å²) in [5, 5.41) is 2.18. The maximum absolute atomic E-state index is 13.3. The number of nitrogens with zero attached hydrogens (tertiary/aromatic N) is 1. The molecule has 4 rings (SSSR count). The van der Waals surface area contributed by atoms with E-state index >= 15 is 0 Å². The highest BCUT2D eigenvalue weighted by Crippen LogP contribution is 2.30. The van der Waals surface area contributed by atoms with Crippen molar-refractivity contribution in [3.8, 4) is 0 Å². The van der Waals surface area contributed by atoms with Gasteiger partial charge < -0.3 is 0 Å². The lowest BCUT2D eigenvalue weighted by Gasteiger charge is -2.17. The quantitative estimate of drug-likeness (QED) is 0.493. The van der Waals surface area contributed by atoms with E-state index in [-0.39, 0.29) is 0 Å². The lowest BCUT2D eigenvalue weighted by Crippen LogP contribution is -2.19. The first kappa shape index (κ1) is 15.7. The van der Waals surface area contributed by atoms with Crippen molar-refractivity contribution < 1.29 is 8.42 Å². The van der Waals surface area contributed by atoms with E-state index in [1.54, 1.807) is 6.20 Å². The molecule has 25 heavy (non-hydrogen) atoms. The van der Waals surface area contributed by atoms with E-state index in [4.69, 9.17) is 0 Å². The molecular weight excluding hydrogens is 330 g/mol. The van der Waals surface area contributed by atoms with Crippen LogP contribution in [0, 0.1) is 0 Å². The van der Waals surface area contributed by atoms with Gasteiger partial charge in [0.2, 0.25) is 10.0 Å². The number of fused-ring (bicyclic) bond motifs is 2. The number of hydrogen-bond acceptors (Lipinski definition) is 2. The number of para-hydroxylation sites is 1. The zero-order valence-corrected chi connectivity index (χ0v) is 14.4. The van der Waals surface area contributed by atoms with E-state index in [0.29, 0.717) is 11.1 Å². The van der Waals surface area contributed by atoms with Crippen LogP contribution in [0.2, 0.25) is 0 Å². The number of rotatable bonds is 4. The normalized spacial score (nSPS) is 13.1. The van der Waals surface area contributed by atoms with E-state index in [1.807, 2.05) is 72.8 Å². The average molecular weight is 347 g/mol. The average Bonchev–Trinajstić information content (AvgIpc) is 3.07. The summed E-state index contributed by atoms with van der Waals surface area (Å²) in [6.45, 7) is 3.78. The Morgan fingerprint density at radius 1 is 0.840 bits per heavy atom. The monoisotopic (exact) mass is 347 g/mol. The summed E-state index contributed by atoms with van der Waals surface area (Å²) < 4.78 is 27.9. The van der Waals surface area contributed by atoms with Gasteiger partial charge in [-0.2, -0.15) is 0 Å². The van der Waals surface area contributed by atoms with Gasteiger partial charge in [0.25, 0.3) is 0 Å². The number of aromatic nitrogens is 1. The minimum absolute atomic E-state index is 0.676. The molecule has 124 valence electrons. The molecule has 3 aromatic carbocycles. The maximum Gasteiger partial charge on any atom is 0.249 e. The zero-order chi connectivity index (χ0) is 17.4. The van der Waals surface area contributed by atoms with Crippen LogP contribution in [0.15, 0.2) is 91.6 Å². The molecule has 0 fully saturated rings. The van der Waals surface area contributed by atoms with Crippen molar-refractivity contribution in [2.75, 3.05) is 0 Å². The summed E-state index contributed by atoms with van der Waals surface area (Å²) in [6, 6.07) is 22.9. The fourth-order valence-electron chi connectivity index (χ4n) is 3.22. The molecule has 0 radical (unpaired) electrons. The van der Waals surface area contributed by atoms with Gasteiger partial charge in [-0.25, -0.2) is 12.4 Å². The van der Waals surface area contributed by atoms with Crippen molar-refractivity contribution in [3.05, 3.63) is 97.2 Å². The van der Waals surface area contributed by atoms with Gasteiger partial charge in [-0.15, -0.1) is 6.58 Å². The van der Waals surface area contributed by atoms with Crippen molar-refractivity contribution >= 4 is 31.7 Å². The van der Waals surface area contributed by atoms with Crippen LogP contribution < -0.4 is 0 Å². The van der Waals surface area contributed by atoms with Crippen molar-refractivity contribution in [3.63, 3.8) is 0 Å². The Morgan fingerprint density at radius 2 is 1.52 bits per heavy atom. The molecule has 0 spiro atoms. The van der Waals surface area contributed by atoms with Crippen LogP contribution in [-0.2, 0) is 10.0 Å². The summed E-state index contributed by atoms with van der Waals surface area (Å²) in [5.41, 5.74) is 1.39. The third-order valence-electron chi connectivity index (χ3n) is 4.47. The Morgan fingerprint density at radius 3 is 2.28 bits per heavy atom. The third kappa shape index (κ3) is 2.55. The minimum atomic E-state index is -3.66. The summed E-state index contributed by atoms with van der Waals surface area (Å²) in [7, 11) is -3.66. The smallest absolute Gasteiger partial charge is 0.244 e. The van der Waals surface area contributed by atoms with E-state index in [9.17, 15) is 8.42 Å². The van der Waals surface area contributed by atoms with E-state index in [0.717, 1.165) is 16.2 Å². The second-order valence-electron chi connectivity index (χ2n) is 5.98. The van der Waals surface area contributed by atoms with Crippen LogP contribution in [0.4, 0.5) is 0 Å². The van der Waals surface area contributed by atoms with Crippen molar-refractivity contribution in [1.82, 2.24) is 3.97 Å². The van der Waals surface area contributed by atoms with E-state index in [1.165, 1.54) is 10.0 Å². The molecular formula is C21H17NO2S. The molecule has 1 heterocycles. The van der Waals surface area contributed by atoms with Gasteiger partial charge in [0.05, 0.1) is 5.52 Å². The predicted octanol–water partition coefficient (Wildman–Crippen LogP) is 4.90. The van der Waals surface area contributed by atoms with E-state index in [2.05, 4.69) is 6.58 Å². The highest BCUT2D eigenvalue weighted by Gasteiger charge is 2.27. The molecule has 3 nitrogen and oxygen atoms in total. The predicted molar refractivity (Wildman–Crippen MR) is 103 cm³/mol. The second kappa shape index (κ2) is 5.90. The first-order valence-corrected chi connectivity index (χ1v) is 9.53. The lowest BCUT2D eigenvalue weighted by molar-refractivity contribution is 0.583. The Balaban J connectivity index is 1.87. The van der Waals surface area contributed by atoms with Gasteiger partial charge in [0.15, 0.2) is 0 Å². The Hall–Kier alpha value is -2.85.